The lowest BCUT2D eigenvalue weighted by Crippen LogP contribution is -2.40. The Labute approximate surface area is 193 Å². The van der Waals surface area contributed by atoms with Gasteiger partial charge in [-0.25, -0.2) is 8.42 Å². The summed E-state index contributed by atoms with van der Waals surface area (Å²) in [7, 11) is -3.62. The first-order chi connectivity index (χ1) is 16.1. The van der Waals surface area contributed by atoms with Gasteiger partial charge >= 0.3 is 12.1 Å². The second-order valence-electron chi connectivity index (χ2n) is 7.69. The van der Waals surface area contributed by atoms with Crippen LogP contribution in [0.25, 0.3) is 11.4 Å². The minimum absolute atomic E-state index is 0.00709. The summed E-state index contributed by atoms with van der Waals surface area (Å²) in [6.07, 6.45) is -3.83. The second kappa shape index (κ2) is 9.55. The van der Waals surface area contributed by atoms with Gasteiger partial charge in [0.25, 0.3) is 5.89 Å². The smallest absolute Gasteiger partial charge is 0.416 e. The van der Waals surface area contributed by atoms with E-state index in [4.69, 9.17) is 9.26 Å². The first-order valence-corrected chi connectivity index (χ1v) is 11.8. The SMILES string of the molecule is O=C(OCc1nc(-c2ccc(C(F)(F)F)cc2)no1)C1CCN(S(=O)(=O)c2ccccc2)CC1. The van der Waals surface area contributed by atoms with Gasteiger partial charge in [-0.3, -0.25) is 4.79 Å². The number of piperidine rings is 1. The molecule has 3 aromatic rings. The van der Waals surface area contributed by atoms with Crippen molar-refractivity contribution in [1.82, 2.24) is 14.4 Å². The fourth-order valence-electron chi connectivity index (χ4n) is 3.56. The van der Waals surface area contributed by atoms with Crippen LogP contribution in [0.2, 0.25) is 0 Å². The summed E-state index contributed by atoms with van der Waals surface area (Å²) < 4.78 is 75.0. The van der Waals surface area contributed by atoms with E-state index >= 15 is 0 Å². The summed E-state index contributed by atoms with van der Waals surface area (Å²) in [5.74, 6) is -0.919. The molecule has 8 nitrogen and oxygen atoms in total. The molecule has 34 heavy (non-hydrogen) atoms. The summed E-state index contributed by atoms with van der Waals surface area (Å²) >= 11 is 0. The molecule has 0 spiro atoms. The number of esters is 1. The maximum atomic E-state index is 12.7. The van der Waals surface area contributed by atoms with Gasteiger partial charge in [-0.05, 0) is 37.1 Å². The number of nitrogens with zero attached hydrogens (tertiary/aromatic N) is 3. The number of rotatable bonds is 6. The van der Waals surface area contributed by atoms with E-state index < -0.39 is 33.7 Å². The number of hydrogen-bond donors (Lipinski definition) is 0. The van der Waals surface area contributed by atoms with Crippen LogP contribution in [0.4, 0.5) is 13.2 Å². The molecule has 0 saturated carbocycles. The van der Waals surface area contributed by atoms with E-state index in [0.29, 0.717) is 18.4 Å². The minimum Gasteiger partial charge on any atom is -0.455 e. The third kappa shape index (κ3) is 5.28. The molecule has 0 bridgehead atoms. The summed E-state index contributed by atoms with van der Waals surface area (Å²) in [6, 6.07) is 12.4. The van der Waals surface area contributed by atoms with Crippen LogP contribution in [-0.2, 0) is 32.3 Å². The Hall–Kier alpha value is -3.25. The quantitative estimate of drug-likeness (QED) is 0.478. The zero-order chi connectivity index (χ0) is 24.3. The maximum absolute atomic E-state index is 12.7. The minimum atomic E-state index is -4.45. The molecule has 0 N–H and O–H groups in total. The first-order valence-electron chi connectivity index (χ1n) is 10.4. The van der Waals surface area contributed by atoms with E-state index in [1.165, 1.54) is 28.6 Å². The van der Waals surface area contributed by atoms with Gasteiger partial charge in [-0.15, -0.1) is 0 Å². The van der Waals surface area contributed by atoms with Crippen molar-refractivity contribution >= 4 is 16.0 Å². The Balaban J connectivity index is 1.29. The molecule has 0 aliphatic carbocycles. The van der Waals surface area contributed by atoms with Crippen molar-refractivity contribution < 1.29 is 35.6 Å². The van der Waals surface area contributed by atoms with E-state index in [-0.39, 0.29) is 36.3 Å². The maximum Gasteiger partial charge on any atom is 0.416 e. The van der Waals surface area contributed by atoms with E-state index in [9.17, 15) is 26.4 Å². The highest BCUT2D eigenvalue weighted by Gasteiger charge is 2.33. The lowest BCUT2D eigenvalue weighted by molar-refractivity contribution is -0.152. The molecule has 1 aromatic heterocycles. The Morgan fingerprint density at radius 1 is 1.06 bits per heavy atom. The number of benzene rings is 2. The fourth-order valence-corrected chi connectivity index (χ4v) is 5.05. The molecule has 1 aliphatic heterocycles. The monoisotopic (exact) mass is 495 g/mol. The third-order valence-corrected chi connectivity index (χ3v) is 7.36. The van der Waals surface area contributed by atoms with Crippen LogP contribution in [0.15, 0.2) is 64.0 Å². The van der Waals surface area contributed by atoms with Crippen molar-refractivity contribution in [2.24, 2.45) is 5.92 Å². The number of halogens is 3. The molecule has 180 valence electrons. The van der Waals surface area contributed by atoms with E-state index in [1.54, 1.807) is 18.2 Å². The van der Waals surface area contributed by atoms with Gasteiger partial charge in [0.1, 0.15) is 0 Å². The molecular weight excluding hydrogens is 475 g/mol. The lowest BCUT2D eigenvalue weighted by atomic mass is 9.98. The Bertz CT molecular complexity index is 1240. The normalized spacial score (nSPS) is 15.9. The second-order valence-corrected chi connectivity index (χ2v) is 9.62. The van der Waals surface area contributed by atoms with Crippen LogP contribution >= 0.6 is 0 Å². The number of carbonyl (C=O) groups excluding carboxylic acids is 1. The molecule has 1 saturated heterocycles. The Morgan fingerprint density at radius 2 is 1.71 bits per heavy atom. The number of alkyl halides is 3. The van der Waals surface area contributed by atoms with Crippen LogP contribution in [0.3, 0.4) is 0 Å². The van der Waals surface area contributed by atoms with Crippen molar-refractivity contribution in [2.45, 2.75) is 30.5 Å². The average molecular weight is 495 g/mol. The van der Waals surface area contributed by atoms with Gasteiger partial charge in [-0.2, -0.15) is 22.5 Å². The Morgan fingerprint density at radius 3 is 2.32 bits per heavy atom. The summed E-state index contributed by atoms with van der Waals surface area (Å²) in [5.41, 5.74) is -0.474. The number of aromatic nitrogens is 2. The van der Waals surface area contributed by atoms with Gasteiger partial charge in [0, 0.05) is 18.7 Å². The summed E-state index contributed by atoms with van der Waals surface area (Å²) in [5, 5.41) is 3.70. The molecule has 0 amide bonds. The van der Waals surface area contributed by atoms with E-state index in [2.05, 4.69) is 10.1 Å². The molecule has 1 aliphatic rings. The van der Waals surface area contributed by atoms with Crippen molar-refractivity contribution in [1.29, 1.82) is 0 Å². The third-order valence-electron chi connectivity index (χ3n) is 5.44. The van der Waals surface area contributed by atoms with Crippen LogP contribution in [-0.4, -0.2) is 41.9 Å². The van der Waals surface area contributed by atoms with Crippen molar-refractivity contribution in [3.05, 3.63) is 66.1 Å². The topological polar surface area (TPSA) is 103 Å². The van der Waals surface area contributed by atoms with Crippen LogP contribution in [0, 0.1) is 5.92 Å². The fraction of sp³-hybridized carbons (Fsp3) is 0.318. The molecular formula is C22H20F3N3O5S. The summed E-state index contributed by atoms with van der Waals surface area (Å²) in [4.78, 5) is 16.7. The number of sulfonamides is 1. The van der Waals surface area contributed by atoms with Gasteiger partial charge in [-0.1, -0.05) is 35.5 Å². The number of hydrogen-bond acceptors (Lipinski definition) is 7. The zero-order valence-corrected chi connectivity index (χ0v) is 18.6. The van der Waals surface area contributed by atoms with Crippen molar-refractivity contribution in [3.8, 4) is 11.4 Å². The van der Waals surface area contributed by atoms with Gasteiger partial charge in [0.05, 0.1) is 16.4 Å². The van der Waals surface area contributed by atoms with E-state index in [1.807, 2.05) is 0 Å². The van der Waals surface area contributed by atoms with Crippen LogP contribution in [0.5, 0.6) is 0 Å². The van der Waals surface area contributed by atoms with Crippen molar-refractivity contribution in [3.63, 3.8) is 0 Å². The molecule has 0 unspecified atom stereocenters. The lowest BCUT2D eigenvalue weighted by Gasteiger charge is -2.30. The van der Waals surface area contributed by atoms with Gasteiger partial charge in [0.2, 0.25) is 15.8 Å². The standard InChI is InChI=1S/C22H20F3N3O5S/c23-22(24,25)17-8-6-15(7-9-17)20-26-19(33-27-20)14-32-21(29)16-10-12-28(13-11-16)34(30,31)18-4-2-1-3-5-18/h1-9,16H,10-14H2. The largest absolute Gasteiger partial charge is 0.455 e. The highest BCUT2D eigenvalue weighted by atomic mass is 32.2. The number of carbonyl (C=O) groups is 1. The first kappa shape index (κ1) is 23.9. The predicted octanol–water partition coefficient (Wildman–Crippen LogP) is 3.90. The van der Waals surface area contributed by atoms with Gasteiger partial charge in [0.15, 0.2) is 6.61 Å². The Kier molecular flexibility index (Phi) is 6.71. The molecule has 0 radical (unpaired) electrons. The van der Waals surface area contributed by atoms with Crippen LogP contribution in [0.1, 0.15) is 24.3 Å². The van der Waals surface area contributed by atoms with E-state index in [0.717, 1.165) is 12.1 Å². The molecule has 2 heterocycles. The predicted molar refractivity (Wildman–Crippen MR) is 112 cm³/mol. The highest BCUT2D eigenvalue weighted by molar-refractivity contribution is 7.89. The molecule has 12 heteroatoms. The summed E-state index contributed by atoms with van der Waals surface area (Å²) in [6.45, 7) is 0.0836. The van der Waals surface area contributed by atoms with Crippen molar-refractivity contribution in [2.75, 3.05) is 13.1 Å². The van der Waals surface area contributed by atoms with Gasteiger partial charge < -0.3 is 9.26 Å². The molecule has 2 aromatic carbocycles. The molecule has 4 rings (SSSR count). The molecule has 1 fully saturated rings. The zero-order valence-electron chi connectivity index (χ0n) is 17.7. The number of ether oxygens (including phenoxy) is 1. The average Bonchev–Trinajstić information content (AvgIpc) is 3.32. The van der Waals surface area contributed by atoms with Crippen LogP contribution < -0.4 is 0 Å². The molecule has 0 atom stereocenters. The highest BCUT2D eigenvalue weighted by Crippen LogP contribution is 2.30.